The lowest BCUT2D eigenvalue weighted by atomic mass is 10.1. The Morgan fingerprint density at radius 1 is 1.14 bits per heavy atom. The van der Waals surface area contributed by atoms with Crippen LogP contribution >= 0.6 is 11.6 Å². The third kappa shape index (κ3) is 5.99. The van der Waals surface area contributed by atoms with Crippen molar-refractivity contribution >= 4 is 23.4 Å². The molecule has 2 rings (SSSR count). The lowest BCUT2D eigenvalue weighted by Gasteiger charge is -2.28. The summed E-state index contributed by atoms with van der Waals surface area (Å²) >= 11 is 5.95. The molecule has 150 valence electrons. The van der Waals surface area contributed by atoms with Gasteiger partial charge in [0, 0.05) is 18.1 Å². The summed E-state index contributed by atoms with van der Waals surface area (Å²) in [6, 6.07) is 12.5. The van der Waals surface area contributed by atoms with Crippen LogP contribution in [0.4, 0.5) is 0 Å². The second-order valence-electron chi connectivity index (χ2n) is 6.78. The molecule has 2 aromatic rings. The summed E-state index contributed by atoms with van der Waals surface area (Å²) in [5, 5.41) is 3.39. The first-order valence-corrected chi connectivity index (χ1v) is 9.71. The van der Waals surface area contributed by atoms with Crippen molar-refractivity contribution < 1.29 is 14.3 Å². The summed E-state index contributed by atoms with van der Waals surface area (Å²) < 4.78 is 5.76. The van der Waals surface area contributed by atoms with E-state index in [-0.39, 0.29) is 18.4 Å². The highest BCUT2D eigenvalue weighted by Gasteiger charge is 2.26. The van der Waals surface area contributed by atoms with Crippen LogP contribution < -0.4 is 10.1 Å². The highest BCUT2D eigenvalue weighted by Crippen LogP contribution is 2.20. The van der Waals surface area contributed by atoms with Gasteiger partial charge in [0.25, 0.3) is 5.91 Å². The van der Waals surface area contributed by atoms with Crippen LogP contribution in [0.3, 0.4) is 0 Å². The molecule has 1 unspecified atom stereocenters. The first-order chi connectivity index (χ1) is 13.3. The number of carbonyl (C=O) groups excluding carboxylic acids is 2. The van der Waals surface area contributed by atoms with Crippen molar-refractivity contribution in [3.8, 4) is 5.75 Å². The highest BCUT2D eigenvalue weighted by molar-refractivity contribution is 6.30. The van der Waals surface area contributed by atoms with E-state index >= 15 is 0 Å². The minimum Gasteiger partial charge on any atom is -0.483 e. The SMILES string of the molecule is CCNC(=O)C(C)N(Cc1ccc(Cl)cc1)C(=O)COc1cc(C)ccc1C. The van der Waals surface area contributed by atoms with Crippen LogP contribution in [0.2, 0.25) is 5.02 Å². The summed E-state index contributed by atoms with van der Waals surface area (Å²) in [6.07, 6.45) is 0. The third-order valence-corrected chi connectivity index (χ3v) is 4.73. The fourth-order valence-corrected chi connectivity index (χ4v) is 2.90. The number of ether oxygens (including phenoxy) is 1. The molecule has 6 heteroatoms. The molecule has 0 saturated carbocycles. The van der Waals surface area contributed by atoms with Gasteiger partial charge in [0.1, 0.15) is 11.8 Å². The predicted octanol–water partition coefficient (Wildman–Crippen LogP) is 3.89. The van der Waals surface area contributed by atoms with Crippen molar-refractivity contribution in [1.29, 1.82) is 0 Å². The van der Waals surface area contributed by atoms with Crippen molar-refractivity contribution in [1.82, 2.24) is 10.2 Å². The first-order valence-electron chi connectivity index (χ1n) is 9.33. The Morgan fingerprint density at radius 3 is 2.46 bits per heavy atom. The van der Waals surface area contributed by atoms with Gasteiger partial charge in [-0.25, -0.2) is 0 Å². The number of hydrogen-bond acceptors (Lipinski definition) is 3. The molecular formula is C22H27ClN2O3. The van der Waals surface area contributed by atoms with Crippen LogP contribution in [-0.4, -0.2) is 35.9 Å². The monoisotopic (exact) mass is 402 g/mol. The predicted molar refractivity (Wildman–Crippen MR) is 112 cm³/mol. The number of aryl methyl sites for hydroxylation is 2. The number of halogens is 1. The number of nitrogens with one attached hydrogen (secondary N) is 1. The molecule has 5 nitrogen and oxygen atoms in total. The Morgan fingerprint density at radius 2 is 1.82 bits per heavy atom. The summed E-state index contributed by atoms with van der Waals surface area (Å²) in [4.78, 5) is 26.8. The fraction of sp³-hybridized carbons (Fsp3) is 0.364. The minimum absolute atomic E-state index is 0.137. The Balaban J connectivity index is 2.16. The number of hydrogen-bond donors (Lipinski definition) is 1. The number of likely N-dealkylation sites (N-methyl/N-ethyl adjacent to an activating group) is 1. The smallest absolute Gasteiger partial charge is 0.261 e. The Hall–Kier alpha value is -2.53. The van der Waals surface area contributed by atoms with Crippen molar-refractivity contribution in [2.24, 2.45) is 0 Å². The maximum absolute atomic E-state index is 12.9. The molecule has 0 saturated heterocycles. The van der Waals surface area contributed by atoms with Crippen LogP contribution in [0, 0.1) is 13.8 Å². The summed E-state index contributed by atoms with van der Waals surface area (Å²) in [6.45, 7) is 8.13. The van der Waals surface area contributed by atoms with E-state index in [1.807, 2.05) is 51.1 Å². The topological polar surface area (TPSA) is 58.6 Å². The maximum atomic E-state index is 12.9. The molecule has 0 fully saturated rings. The lowest BCUT2D eigenvalue weighted by molar-refractivity contribution is -0.142. The highest BCUT2D eigenvalue weighted by atomic mass is 35.5. The van der Waals surface area contributed by atoms with Gasteiger partial charge in [-0.2, -0.15) is 0 Å². The van der Waals surface area contributed by atoms with Gasteiger partial charge >= 0.3 is 0 Å². The van der Waals surface area contributed by atoms with Gasteiger partial charge in [-0.15, -0.1) is 0 Å². The molecule has 0 radical (unpaired) electrons. The van der Waals surface area contributed by atoms with Crippen molar-refractivity contribution in [3.05, 3.63) is 64.2 Å². The fourth-order valence-electron chi connectivity index (χ4n) is 2.78. The van der Waals surface area contributed by atoms with E-state index in [9.17, 15) is 9.59 Å². The van der Waals surface area contributed by atoms with Crippen LogP contribution in [0.15, 0.2) is 42.5 Å². The first kappa shape index (κ1) is 21.8. The van der Waals surface area contributed by atoms with E-state index in [0.717, 1.165) is 16.7 Å². The van der Waals surface area contributed by atoms with Gasteiger partial charge in [0.05, 0.1) is 0 Å². The lowest BCUT2D eigenvalue weighted by Crippen LogP contribution is -2.49. The molecule has 0 bridgehead atoms. The summed E-state index contributed by atoms with van der Waals surface area (Å²) in [7, 11) is 0. The molecule has 0 aromatic heterocycles. The molecule has 0 heterocycles. The van der Waals surface area contributed by atoms with E-state index < -0.39 is 6.04 Å². The number of benzene rings is 2. The minimum atomic E-state index is -0.620. The van der Waals surface area contributed by atoms with Gasteiger partial charge < -0.3 is 15.0 Å². The molecule has 1 atom stereocenters. The van der Waals surface area contributed by atoms with Crippen LogP contribution in [0.5, 0.6) is 5.75 Å². The van der Waals surface area contributed by atoms with Crippen molar-refractivity contribution in [2.75, 3.05) is 13.2 Å². The number of amides is 2. The molecule has 2 amide bonds. The standard InChI is InChI=1S/C22H27ClN2O3/c1-5-24-22(27)17(4)25(13-18-8-10-19(23)11-9-18)21(26)14-28-20-12-15(2)6-7-16(20)3/h6-12,17H,5,13-14H2,1-4H3,(H,24,27). The molecule has 28 heavy (non-hydrogen) atoms. The Bertz CT molecular complexity index is 821. The number of rotatable bonds is 8. The summed E-state index contributed by atoms with van der Waals surface area (Å²) in [5.41, 5.74) is 2.90. The molecule has 0 aliphatic heterocycles. The van der Waals surface area contributed by atoms with E-state index in [2.05, 4.69) is 5.32 Å². The van der Waals surface area contributed by atoms with Crippen LogP contribution in [0.1, 0.15) is 30.5 Å². The molecule has 0 spiro atoms. The Labute approximate surface area is 171 Å². The normalized spacial score (nSPS) is 11.6. The van der Waals surface area contributed by atoms with Gasteiger partial charge in [-0.3, -0.25) is 9.59 Å². The second kappa shape index (κ2) is 10.1. The quantitative estimate of drug-likeness (QED) is 0.728. The number of nitrogens with zero attached hydrogens (tertiary/aromatic N) is 1. The molecule has 0 aliphatic rings. The zero-order chi connectivity index (χ0) is 20.7. The van der Waals surface area contributed by atoms with Gasteiger partial charge in [-0.1, -0.05) is 35.9 Å². The zero-order valence-corrected chi connectivity index (χ0v) is 17.5. The van der Waals surface area contributed by atoms with Crippen molar-refractivity contribution in [2.45, 2.75) is 40.3 Å². The van der Waals surface area contributed by atoms with E-state index in [1.54, 1.807) is 19.1 Å². The van der Waals surface area contributed by atoms with Crippen molar-refractivity contribution in [3.63, 3.8) is 0 Å². The zero-order valence-electron chi connectivity index (χ0n) is 16.8. The molecule has 1 N–H and O–H groups in total. The van der Waals surface area contributed by atoms with E-state index in [4.69, 9.17) is 16.3 Å². The Kier molecular flexibility index (Phi) is 7.88. The van der Waals surface area contributed by atoms with Gasteiger partial charge in [0.2, 0.25) is 5.91 Å². The summed E-state index contributed by atoms with van der Waals surface area (Å²) in [5.74, 6) is 0.219. The van der Waals surface area contributed by atoms with Gasteiger partial charge in [0.15, 0.2) is 6.61 Å². The third-order valence-electron chi connectivity index (χ3n) is 4.48. The maximum Gasteiger partial charge on any atom is 0.261 e. The van der Waals surface area contributed by atoms with Crippen LogP contribution in [-0.2, 0) is 16.1 Å². The second-order valence-corrected chi connectivity index (χ2v) is 7.21. The van der Waals surface area contributed by atoms with Gasteiger partial charge in [-0.05, 0) is 62.6 Å². The average molecular weight is 403 g/mol. The van der Waals surface area contributed by atoms with E-state index in [0.29, 0.717) is 23.9 Å². The largest absolute Gasteiger partial charge is 0.483 e. The molecular weight excluding hydrogens is 376 g/mol. The molecule has 2 aromatic carbocycles. The van der Waals surface area contributed by atoms with E-state index in [1.165, 1.54) is 4.90 Å². The molecule has 0 aliphatic carbocycles. The van der Waals surface area contributed by atoms with Crippen LogP contribution in [0.25, 0.3) is 0 Å². The number of carbonyl (C=O) groups is 2. The average Bonchev–Trinajstić information content (AvgIpc) is 2.67.